The van der Waals surface area contributed by atoms with Crippen molar-refractivity contribution in [3.8, 4) is 0 Å². The van der Waals surface area contributed by atoms with Gasteiger partial charge >= 0.3 is 0 Å². The zero-order valence-corrected chi connectivity index (χ0v) is 12.3. The molecule has 1 aromatic rings. The molecule has 1 heterocycles. The SMILES string of the molecule is CC(C)N1CCC(NC(=O)c2cccc(Cl)c2)CC1. The van der Waals surface area contributed by atoms with E-state index in [0.717, 1.165) is 25.9 Å². The quantitative estimate of drug-likeness (QED) is 0.923. The largest absolute Gasteiger partial charge is 0.349 e. The maximum Gasteiger partial charge on any atom is 0.251 e. The number of rotatable bonds is 3. The lowest BCUT2D eigenvalue weighted by atomic mass is 10.0. The second-order valence-electron chi connectivity index (χ2n) is 5.39. The van der Waals surface area contributed by atoms with Crippen molar-refractivity contribution >= 4 is 17.5 Å². The molecule has 1 aliphatic rings. The van der Waals surface area contributed by atoms with Gasteiger partial charge in [-0.1, -0.05) is 17.7 Å². The summed E-state index contributed by atoms with van der Waals surface area (Å²) in [6.07, 6.45) is 2.04. The summed E-state index contributed by atoms with van der Waals surface area (Å²) in [6, 6.07) is 7.95. The molecule has 0 bridgehead atoms. The monoisotopic (exact) mass is 280 g/mol. The second kappa shape index (κ2) is 6.40. The van der Waals surface area contributed by atoms with Crippen molar-refractivity contribution < 1.29 is 4.79 Å². The zero-order valence-electron chi connectivity index (χ0n) is 11.5. The van der Waals surface area contributed by atoms with Crippen LogP contribution in [0.25, 0.3) is 0 Å². The highest BCUT2D eigenvalue weighted by molar-refractivity contribution is 6.30. The Morgan fingerprint density at radius 2 is 2.05 bits per heavy atom. The molecule has 19 heavy (non-hydrogen) atoms. The van der Waals surface area contributed by atoms with Crippen LogP contribution in [-0.2, 0) is 0 Å². The van der Waals surface area contributed by atoms with Gasteiger partial charge < -0.3 is 10.2 Å². The van der Waals surface area contributed by atoms with Crippen molar-refractivity contribution in [2.24, 2.45) is 0 Å². The normalized spacial score (nSPS) is 17.7. The maximum absolute atomic E-state index is 12.1. The number of benzene rings is 1. The first-order valence-corrected chi connectivity index (χ1v) is 7.24. The molecule has 0 unspecified atom stereocenters. The van der Waals surface area contributed by atoms with E-state index in [9.17, 15) is 4.79 Å². The summed E-state index contributed by atoms with van der Waals surface area (Å²) in [6.45, 7) is 6.53. The van der Waals surface area contributed by atoms with Crippen LogP contribution in [-0.4, -0.2) is 36.0 Å². The molecule has 0 aromatic heterocycles. The van der Waals surface area contributed by atoms with E-state index in [2.05, 4.69) is 24.1 Å². The minimum atomic E-state index is -0.0227. The Hall–Kier alpha value is -1.06. The van der Waals surface area contributed by atoms with Gasteiger partial charge in [-0.25, -0.2) is 0 Å². The van der Waals surface area contributed by atoms with E-state index in [1.165, 1.54) is 0 Å². The van der Waals surface area contributed by atoms with Gasteiger partial charge in [-0.3, -0.25) is 4.79 Å². The number of amides is 1. The molecule has 1 saturated heterocycles. The summed E-state index contributed by atoms with van der Waals surface area (Å²) in [7, 11) is 0. The molecule has 0 spiro atoms. The van der Waals surface area contributed by atoms with E-state index < -0.39 is 0 Å². The number of hydrogen-bond acceptors (Lipinski definition) is 2. The first-order valence-electron chi connectivity index (χ1n) is 6.87. The van der Waals surface area contributed by atoms with E-state index in [0.29, 0.717) is 16.6 Å². The topological polar surface area (TPSA) is 32.3 Å². The van der Waals surface area contributed by atoms with Crippen LogP contribution < -0.4 is 5.32 Å². The molecule has 0 aliphatic carbocycles. The van der Waals surface area contributed by atoms with Gasteiger partial charge in [-0.2, -0.15) is 0 Å². The lowest BCUT2D eigenvalue weighted by Crippen LogP contribution is -2.46. The average Bonchev–Trinajstić information content (AvgIpc) is 2.39. The molecule has 2 rings (SSSR count). The summed E-state index contributed by atoms with van der Waals surface area (Å²) in [5.41, 5.74) is 0.638. The highest BCUT2D eigenvalue weighted by Crippen LogP contribution is 2.15. The van der Waals surface area contributed by atoms with Crippen LogP contribution in [0.3, 0.4) is 0 Å². The molecule has 0 atom stereocenters. The predicted molar refractivity (Wildman–Crippen MR) is 78.6 cm³/mol. The molecule has 3 nitrogen and oxygen atoms in total. The number of carbonyl (C=O) groups excluding carboxylic acids is 1. The number of nitrogens with zero attached hydrogens (tertiary/aromatic N) is 1. The standard InChI is InChI=1S/C15H21ClN2O/c1-11(2)18-8-6-14(7-9-18)17-15(19)12-4-3-5-13(16)10-12/h3-5,10-11,14H,6-9H2,1-2H3,(H,17,19). The Kier molecular flexibility index (Phi) is 4.83. The van der Waals surface area contributed by atoms with E-state index in [4.69, 9.17) is 11.6 Å². The average molecular weight is 281 g/mol. The van der Waals surface area contributed by atoms with Gasteiger partial charge in [0.2, 0.25) is 0 Å². The second-order valence-corrected chi connectivity index (χ2v) is 5.82. The molecule has 0 saturated carbocycles. The molecule has 104 valence electrons. The van der Waals surface area contributed by atoms with Crippen molar-refractivity contribution in [2.75, 3.05) is 13.1 Å². The van der Waals surface area contributed by atoms with Gasteiger partial charge in [0.1, 0.15) is 0 Å². The van der Waals surface area contributed by atoms with Crippen molar-refractivity contribution in [1.29, 1.82) is 0 Å². The summed E-state index contributed by atoms with van der Waals surface area (Å²) >= 11 is 5.90. The Balaban J connectivity index is 1.87. The molecular weight excluding hydrogens is 260 g/mol. The van der Waals surface area contributed by atoms with E-state index in [-0.39, 0.29) is 11.9 Å². The zero-order chi connectivity index (χ0) is 13.8. The lowest BCUT2D eigenvalue weighted by molar-refractivity contribution is 0.0900. The van der Waals surface area contributed by atoms with E-state index in [1.54, 1.807) is 24.3 Å². The highest BCUT2D eigenvalue weighted by Gasteiger charge is 2.22. The van der Waals surface area contributed by atoms with Crippen LogP contribution in [0.4, 0.5) is 0 Å². The Morgan fingerprint density at radius 3 is 2.63 bits per heavy atom. The third-order valence-corrected chi connectivity index (χ3v) is 3.92. The van der Waals surface area contributed by atoms with Crippen LogP contribution >= 0.6 is 11.6 Å². The lowest BCUT2D eigenvalue weighted by Gasteiger charge is -2.34. The number of likely N-dealkylation sites (tertiary alicyclic amines) is 1. The highest BCUT2D eigenvalue weighted by atomic mass is 35.5. The predicted octanol–water partition coefficient (Wildman–Crippen LogP) is 2.94. The third-order valence-electron chi connectivity index (χ3n) is 3.68. The summed E-state index contributed by atoms with van der Waals surface area (Å²) in [5.74, 6) is -0.0227. The fourth-order valence-electron chi connectivity index (χ4n) is 2.46. The van der Waals surface area contributed by atoms with Crippen LogP contribution in [0.1, 0.15) is 37.0 Å². The van der Waals surface area contributed by atoms with Crippen LogP contribution in [0.15, 0.2) is 24.3 Å². The number of nitrogens with one attached hydrogen (secondary N) is 1. The maximum atomic E-state index is 12.1. The van der Waals surface area contributed by atoms with Crippen LogP contribution in [0.5, 0.6) is 0 Å². The van der Waals surface area contributed by atoms with Crippen molar-refractivity contribution in [3.63, 3.8) is 0 Å². The Bertz CT molecular complexity index is 440. The molecule has 4 heteroatoms. The van der Waals surface area contributed by atoms with Crippen molar-refractivity contribution in [2.45, 2.75) is 38.8 Å². The van der Waals surface area contributed by atoms with E-state index >= 15 is 0 Å². The van der Waals surface area contributed by atoms with Gasteiger partial charge in [0.15, 0.2) is 0 Å². The van der Waals surface area contributed by atoms with Crippen LogP contribution in [0, 0.1) is 0 Å². The van der Waals surface area contributed by atoms with Crippen molar-refractivity contribution in [3.05, 3.63) is 34.9 Å². The van der Waals surface area contributed by atoms with Gasteiger partial charge in [-0.05, 0) is 44.9 Å². The number of carbonyl (C=O) groups is 1. The summed E-state index contributed by atoms with van der Waals surface area (Å²) in [5, 5.41) is 3.70. The fourth-order valence-corrected chi connectivity index (χ4v) is 2.65. The minimum absolute atomic E-state index is 0.0227. The molecule has 1 aliphatic heterocycles. The Labute approximate surface area is 119 Å². The van der Waals surface area contributed by atoms with Gasteiger partial charge in [0.25, 0.3) is 5.91 Å². The number of halogens is 1. The molecular formula is C15H21ClN2O. The number of piperidine rings is 1. The van der Waals surface area contributed by atoms with Gasteiger partial charge in [0, 0.05) is 35.8 Å². The molecule has 1 fully saturated rings. The molecule has 1 N–H and O–H groups in total. The number of hydrogen-bond donors (Lipinski definition) is 1. The van der Waals surface area contributed by atoms with Gasteiger partial charge in [-0.15, -0.1) is 0 Å². The minimum Gasteiger partial charge on any atom is -0.349 e. The van der Waals surface area contributed by atoms with Crippen LogP contribution in [0.2, 0.25) is 5.02 Å². The molecule has 1 amide bonds. The summed E-state index contributed by atoms with van der Waals surface area (Å²) in [4.78, 5) is 14.5. The fraction of sp³-hybridized carbons (Fsp3) is 0.533. The molecule has 1 aromatic carbocycles. The van der Waals surface area contributed by atoms with E-state index in [1.807, 2.05) is 0 Å². The summed E-state index contributed by atoms with van der Waals surface area (Å²) < 4.78 is 0. The van der Waals surface area contributed by atoms with Crippen molar-refractivity contribution in [1.82, 2.24) is 10.2 Å². The smallest absolute Gasteiger partial charge is 0.251 e. The third kappa shape index (κ3) is 3.95. The Morgan fingerprint density at radius 1 is 1.37 bits per heavy atom. The first kappa shape index (κ1) is 14.4. The first-order chi connectivity index (χ1) is 9.06. The molecule has 0 radical (unpaired) electrons. The van der Waals surface area contributed by atoms with Gasteiger partial charge in [0.05, 0.1) is 0 Å².